The SMILES string of the molecule is CS(=O)(=O)c1ccc2nc(N(CCN3CCOCC3)C(=O)Cc3ccc(-c4ccccc4)cc3)sc2c1. The maximum Gasteiger partial charge on any atom is 0.233 e. The van der Waals surface area contributed by atoms with E-state index in [-0.39, 0.29) is 17.2 Å². The van der Waals surface area contributed by atoms with Gasteiger partial charge in [-0.25, -0.2) is 13.4 Å². The highest BCUT2D eigenvalue weighted by Crippen LogP contribution is 2.31. The molecule has 2 heterocycles. The number of fused-ring (bicyclic) bond motifs is 1. The zero-order valence-corrected chi connectivity index (χ0v) is 22.3. The first-order valence-electron chi connectivity index (χ1n) is 12.2. The Morgan fingerprint density at radius 3 is 2.41 bits per heavy atom. The van der Waals surface area contributed by atoms with Gasteiger partial charge in [0.2, 0.25) is 5.91 Å². The van der Waals surface area contributed by atoms with Crippen molar-refractivity contribution < 1.29 is 17.9 Å². The molecule has 3 aromatic carbocycles. The van der Waals surface area contributed by atoms with Gasteiger partial charge >= 0.3 is 0 Å². The second-order valence-electron chi connectivity index (χ2n) is 9.14. The number of carbonyl (C=O) groups is 1. The lowest BCUT2D eigenvalue weighted by Gasteiger charge is -2.29. The van der Waals surface area contributed by atoms with Crippen LogP contribution < -0.4 is 4.90 Å². The van der Waals surface area contributed by atoms with Crippen molar-refractivity contribution in [1.29, 1.82) is 0 Å². The number of hydrogen-bond acceptors (Lipinski definition) is 7. The molecule has 5 rings (SSSR count). The molecule has 7 nitrogen and oxygen atoms in total. The molecule has 0 unspecified atom stereocenters. The summed E-state index contributed by atoms with van der Waals surface area (Å²) in [5, 5.41) is 0.583. The Labute approximate surface area is 221 Å². The zero-order chi connectivity index (χ0) is 25.8. The zero-order valence-electron chi connectivity index (χ0n) is 20.7. The number of morpholine rings is 1. The van der Waals surface area contributed by atoms with Crippen molar-refractivity contribution >= 4 is 42.4 Å². The van der Waals surface area contributed by atoms with E-state index in [1.54, 1.807) is 23.1 Å². The predicted octanol–water partition coefficient (Wildman–Crippen LogP) is 4.27. The van der Waals surface area contributed by atoms with Gasteiger partial charge in [-0.3, -0.25) is 14.6 Å². The molecule has 1 fully saturated rings. The number of thiazole rings is 1. The van der Waals surface area contributed by atoms with Crippen molar-refractivity contribution in [3.8, 4) is 11.1 Å². The fraction of sp³-hybridized carbons (Fsp3) is 0.286. The molecule has 0 atom stereocenters. The minimum atomic E-state index is -3.33. The largest absolute Gasteiger partial charge is 0.379 e. The summed E-state index contributed by atoms with van der Waals surface area (Å²) in [6.07, 6.45) is 1.44. The Morgan fingerprint density at radius 2 is 1.70 bits per heavy atom. The highest BCUT2D eigenvalue weighted by Gasteiger charge is 2.22. The lowest BCUT2D eigenvalue weighted by molar-refractivity contribution is -0.118. The first-order chi connectivity index (χ1) is 17.9. The maximum atomic E-state index is 13.6. The summed E-state index contributed by atoms with van der Waals surface area (Å²) in [5.41, 5.74) is 3.86. The van der Waals surface area contributed by atoms with Gasteiger partial charge < -0.3 is 4.74 Å². The number of hydrogen-bond donors (Lipinski definition) is 0. The minimum Gasteiger partial charge on any atom is -0.379 e. The van der Waals surface area contributed by atoms with Gasteiger partial charge in [-0.05, 0) is 34.9 Å². The van der Waals surface area contributed by atoms with E-state index in [4.69, 9.17) is 9.72 Å². The van der Waals surface area contributed by atoms with E-state index < -0.39 is 9.84 Å². The smallest absolute Gasteiger partial charge is 0.233 e. The number of ether oxygens (including phenoxy) is 1. The third-order valence-electron chi connectivity index (χ3n) is 6.47. The second-order valence-corrected chi connectivity index (χ2v) is 12.2. The molecular formula is C28H29N3O4S2. The highest BCUT2D eigenvalue weighted by molar-refractivity contribution is 7.90. The normalized spacial score (nSPS) is 14.6. The van der Waals surface area contributed by atoms with Crippen LogP contribution >= 0.6 is 11.3 Å². The van der Waals surface area contributed by atoms with Gasteiger partial charge in [0.1, 0.15) is 0 Å². The molecule has 0 radical (unpaired) electrons. The number of anilines is 1. The van der Waals surface area contributed by atoms with E-state index in [0.717, 1.165) is 34.5 Å². The Kier molecular flexibility index (Phi) is 7.66. The number of amides is 1. The van der Waals surface area contributed by atoms with Gasteiger partial charge in [-0.15, -0.1) is 0 Å². The van der Waals surface area contributed by atoms with E-state index in [1.165, 1.54) is 17.6 Å². The van der Waals surface area contributed by atoms with Crippen LogP contribution in [0, 0.1) is 0 Å². The van der Waals surface area contributed by atoms with Crippen LogP contribution in [0.3, 0.4) is 0 Å². The molecule has 37 heavy (non-hydrogen) atoms. The third kappa shape index (κ3) is 6.24. The van der Waals surface area contributed by atoms with E-state index >= 15 is 0 Å². The first-order valence-corrected chi connectivity index (χ1v) is 14.9. The molecule has 1 aliphatic rings. The summed E-state index contributed by atoms with van der Waals surface area (Å²) in [6, 6.07) is 23.1. The number of carbonyl (C=O) groups excluding carboxylic acids is 1. The van der Waals surface area contributed by atoms with Crippen molar-refractivity contribution in [2.45, 2.75) is 11.3 Å². The predicted molar refractivity (Wildman–Crippen MR) is 148 cm³/mol. The van der Waals surface area contributed by atoms with Gasteiger partial charge in [-0.1, -0.05) is 65.9 Å². The highest BCUT2D eigenvalue weighted by atomic mass is 32.2. The summed E-state index contributed by atoms with van der Waals surface area (Å²) in [5.74, 6) is -0.0388. The summed E-state index contributed by atoms with van der Waals surface area (Å²) in [7, 11) is -3.33. The number of benzene rings is 3. The Hall–Kier alpha value is -3.11. The monoisotopic (exact) mass is 535 g/mol. The first kappa shape index (κ1) is 25.5. The number of rotatable bonds is 8. The van der Waals surface area contributed by atoms with Crippen LogP contribution in [0.5, 0.6) is 0 Å². The van der Waals surface area contributed by atoms with E-state index in [0.29, 0.717) is 37.0 Å². The third-order valence-corrected chi connectivity index (χ3v) is 8.62. The molecular weight excluding hydrogens is 506 g/mol. The van der Waals surface area contributed by atoms with Crippen LogP contribution in [0.25, 0.3) is 21.3 Å². The number of sulfone groups is 1. The van der Waals surface area contributed by atoms with Gasteiger partial charge in [0.15, 0.2) is 15.0 Å². The Bertz CT molecular complexity index is 1480. The summed E-state index contributed by atoms with van der Waals surface area (Å²) in [6.45, 7) is 4.27. The molecule has 1 amide bonds. The van der Waals surface area contributed by atoms with Crippen molar-refractivity contribution in [2.75, 3.05) is 50.5 Å². The molecule has 1 aliphatic heterocycles. The topological polar surface area (TPSA) is 79.8 Å². The van der Waals surface area contributed by atoms with E-state index in [1.807, 2.05) is 42.5 Å². The van der Waals surface area contributed by atoms with Crippen LogP contribution in [0.2, 0.25) is 0 Å². The summed E-state index contributed by atoms with van der Waals surface area (Å²) >= 11 is 1.35. The van der Waals surface area contributed by atoms with Gasteiger partial charge in [0, 0.05) is 32.4 Å². The van der Waals surface area contributed by atoms with Crippen molar-refractivity contribution in [3.05, 3.63) is 78.4 Å². The van der Waals surface area contributed by atoms with Crippen LogP contribution in [0.15, 0.2) is 77.7 Å². The molecule has 1 saturated heterocycles. The molecule has 9 heteroatoms. The van der Waals surface area contributed by atoms with Crippen LogP contribution in [0.4, 0.5) is 5.13 Å². The molecule has 0 saturated carbocycles. The molecule has 1 aromatic heterocycles. The van der Waals surface area contributed by atoms with Crippen molar-refractivity contribution in [3.63, 3.8) is 0 Å². The lowest BCUT2D eigenvalue weighted by atomic mass is 10.0. The fourth-order valence-electron chi connectivity index (χ4n) is 4.35. The molecule has 0 spiro atoms. The lowest BCUT2D eigenvalue weighted by Crippen LogP contribution is -2.43. The summed E-state index contributed by atoms with van der Waals surface area (Å²) < 4.78 is 30.3. The van der Waals surface area contributed by atoms with Gasteiger partial charge in [0.05, 0.1) is 34.7 Å². The Balaban J connectivity index is 1.38. The van der Waals surface area contributed by atoms with Gasteiger partial charge in [0.25, 0.3) is 0 Å². The molecule has 192 valence electrons. The minimum absolute atomic E-state index is 0.0388. The summed E-state index contributed by atoms with van der Waals surface area (Å²) in [4.78, 5) is 22.6. The van der Waals surface area contributed by atoms with Crippen LogP contribution in [0.1, 0.15) is 5.56 Å². The number of nitrogens with zero attached hydrogens (tertiary/aromatic N) is 3. The van der Waals surface area contributed by atoms with E-state index in [9.17, 15) is 13.2 Å². The molecule has 0 aliphatic carbocycles. The average Bonchev–Trinajstić information content (AvgIpc) is 3.33. The molecule has 4 aromatic rings. The standard InChI is InChI=1S/C28H29N3O4S2/c1-37(33,34)24-11-12-25-26(20-24)36-28(29-25)31(14-13-30-15-17-35-18-16-30)27(32)19-21-7-9-23(10-8-21)22-5-3-2-4-6-22/h2-12,20H,13-19H2,1H3. The molecule has 0 N–H and O–H groups in total. The number of aromatic nitrogens is 1. The fourth-order valence-corrected chi connectivity index (χ4v) is 6.12. The Morgan fingerprint density at radius 1 is 1.00 bits per heavy atom. The van der Waals surface area contributed by atoms with E-state index in [2.05, 4.69) is 17.0 Å². The second kappa shape index (κ2) is 11.1. The molecule has 0 bridgehead atoms. The quantitative estimate of drug-likeness (QED) is 0.335. The van der Waals surface area contributed by atoms with Crippen molar-refractivity contribution in [2.24, 2.45) is 0 Å². The van der Waals surface area contributed by atoms with Crippen molar-refractivity contribution in [1.82, 2.24) is 9.88 Å². The van der Waals surface area contributed by atoms with Crippen LogP contribution in [-0.4, -0.2) is 69.9 Å². The van der Waals surface area contributed by atoms with Crippen LogP contribution in [-0.2, 0) is 25.8 Å². The van der Waals surface area contributed by atoms with Gasteiger partial charge in [-0.2, -0.15) is 0 Å². The maximum absolute atomic E-state index is 13.6. The average molecular weight is 536 g/mol.